The van der Waals surface area contributed by atoms with E-state index in [-0.39, 0.29) is 17.9 Å². The first-order chi connectivity index (χ1) is 9.77. The predicted octanol–water partition coefficient (Wildman–Crippen LogP) is 1.91. The van der Waals surface area contributed by atoms with E-state index in [9.17, 15) is 5.11 Å². The Balaban J connectivity index is 1.53. The molecule has 2 saturated carbocycles. The molecule has 2 aliphatic carbocycles. The van der Waals surface area contributed by atoms with E-state index in [1.165, 1.54) is 32.1 Å². The number of piperidine rings is 1. The third-order valence-corrected chi connectivity index (χ3v) is 6.06. The van der Waals surface area contributed by atoms with Gasteiger partial charge >= 0.3 is 0 Å². The van der Waals surface area contributed by atoms with Gasteiger partial charge in [0.2, 0.25) is 0 Å². The van der Waals surface area contributed by atoms with Crippen LogP contribution in [-0.4, -0.2) is 53.7 Å². The van der Waals surface area contributed by atoms with Crippen molar-refractivity contribution in [1.29, 1.82) is 0 Å². The molecule has 4 atom stereocenters. The molecule has 4 rings (SSSR count). The lowest BCUT2D eigenvalue weighted by Gasteiger charge is -2.49. The van der Waals surface area contributed by atoms with E-state index in [2.05, 4.69) is 4.90 Å². The molecule has 20 heavy (non-hydrogen) atoms. The Labute approximate surface area is 121 Å². The fourth-order valence-corrected chi connectivity index (χ4v) is 5.12. The van der Waals surface area contributed by atoms with Gasteiger partial charge in [-0.05, 0) is 44.6 Å². The Morgan fingerprint density at radius 2 is 1.75 bits per heavy atom. The third kappa shape index (κ3) is 2.21. The fourth-order valence-electron chi connectivity index (χ4n) is 5.12. The summed E-state index contributed by atoms with van der Waals surface area (Å²) < 4.78 is 11.8. The van der Waals surface area contributed by atoms with Crippen LogP contribution in [-0.2, 0) is 9.47 Å². The van der Waals surface area contributed by atoms with Crippen LogP contribution in [0.2, 0.25) is 0 Å². The van der Waals surface area contributed by atoms with Crippen LogP contribution in [0.3, 0.4) is 0 Å². The number of aliphatic hydroxyl groups excluding tert-OH is 1. The molecule has 2 saturated heterocycles. The molecule has 4 fully saturated rings. The van der Waals surface area contributed by atoms with Gasteiger partial charge < -0.3 is 14.6 Å². The molecule has 4 heteroatoms. The summed E-state index contributed by atoms with van der Waals surface area (Å²) in [6.45, 7) is 2.59. The second-order valence-electron chi connectivity index (χ2n) is 7.12. The molecule has 0 aromatic carbocycles. The van der Waals surface area contributed by atoms with E-state index >= 15 is 0 Å². The minimum atomic E-state index is -0.380. The molecule has 4 nitrogen and oxygen atoms in total. The molecule has 2 aliphatic heterocycles. The summed E-state index contributed by atoms with van der Waals surface area (Å²) in [7, 11) is 0. The molecular weight excluding hydrogens is 254 g/mol. The highest BCUT2D eigenvalue weighted by Gasteiger charge is 2.49. The molecule has 2 heterocycles. The summed E-state index contributed by atoms with van der Waals surface area (Å²) in [5, 5.41) is 10.5. The van der Waals surface area contributed by atoms with Crippen molar-refractivity contribution in [2.45, 2.75) is 75.3 Å². The predicted molar refractivity (Wildman–Crippen MR) is 75.3 cm³/mol. The summed E-state index contributed by atoms with van der Waals surface area (Å²) >= 11 is 0. The monoisotopic (exact) mass is 281 g/mol. The van der Waals surface area contributed by atoms with Gasteiger partial charge in [0.25, 0.3) is 0 Å². The van der Waals surface area contributed by atoms with Gasteiger partial charge in [0.1, 0.15) is 0 Å². The lowest BCUT2D eigenvalue weighted by Crippen LogP contribution is -2.58. The topological polar surface area (TPSA) is 41.9 Å². The number of hydrogen-bond donors (Lipinski definition) is 1. The quantitative estimate of drug-likeness (QED) is 0.797. The van der Waals surface area contributed by atoms with Crippen molar-refractivity contribution >= 4 is 0 Å². The van der Waals surface area contributed by atoms with Gasteiger partial charge in [0, 0.05) is 24.9 Å². The second-order valence-corrected chi connectivity index (χ2v) is 7.12. The molecule has 4 unspecified atom stereocenters. The van der Waals surface area contributed by atoms with Crippen molar-refractivity contribution < 1.29 is 14.6 Å². The SMILES string of the molecule is OC1CCC2(CC1N1CCCC3CCCC31)OCCO2. The van der Waals surface area contributed by atoms with Crippen molar-refractivity contribution in [1.82, 2.24) is 4.90 Å². The van der Waals surface area contributed by atoms with Gasteiger partial charge in [-0.15, -0.1) is 0 Å². The first-order valence-corrected chi connectivity index (χ1v) is 8.49. The number of ether oxygens (including phenoxy) is 2. The maximum atomic E-state index is 10.5. The lowest BCUT2D eigenvalue weighted by atomic mass is 9.82. The fraction of sp³-hybridized carbons (Fsp3) is 1.00. The van der Waals surface area contributed by atoms with Crippen molar-refractivity contribution in [3.05, 3.63) is 0 Å². The van der Waals surface area contributed by atoms with Crippen LogP contribution in [0.15, 0.2) is 0 Å². The van der Waals surface area contributed by atoms with E-state index in [4.69, 9.17) is 9.47 Å². The zero-order valence-electron chi connectivity index (χ0n) is 12.3. The first-order valence-electron chi connectivity index (χ1n) is 8.49. The van der Waals surface area contributed by atoms with Gasteiger partial charge in [0.15, 0.2) is 5.79 Å². The molecule has 1 N–H and O–H groups in total. The minimum absolute atomic E-state index is 0.201. The average Bonchev–Trinajstić information content (AvgIpc) is 3.11. The lowest BCUT2D eigenvalue weighted by molar-refractivity contribution is -0.209. The highest BCUT2D eigenvalue weighted by Crippen LogP contribution is 2.43. The Hall–Kier alpha value is -0.160. The molecular formula is C16H27NO3. The van der Waals surface area contributed by atoms with Crippen LogP contribution in [0.25, 0.3) is 0 Å². The zero-order chi connectivity index (χ0) is 13.6. The van der Waals surface area contributed by atoms with Crippen molar-refractivity contribution in [3.63, 3.8) is 0 Å². The van der Waals surface area contributed by atoms with E-state index in [0.29, 0.717) is 6.04 Å². The van der Waals surface area contributed by atoms with Crippen LogP contribution in [0.5, 0.6) is 0 Å². The molecule has 4 aliphatic rings. The van der Waals surface area contributed by atoms with Crippen molar-refractivity contribution in [3.8, 4) is 0 Å². The average molecular weight is 281 g/mol. The number of nitrogens with zero attached hydrogens (tertiary/aromatic N) is 1. The van der Waals surface area contributed by atoms with E-state index in [0.717, 1.165) is 44.9 Å². The van der Waals surface area contributed by atoms with Gasteiger partial charge in [-0.3, -0.25) is 4.90 Å². The first kappa shape index (κ1) is 13.5. The van der Waals surface area contributed by atoms with Crippen molar-refractivity contribution in [2.24, 2.45) is 5.92 Å². The van der Waals surface area contributed by atoms with Gasteiger partial charge in [-0.25, -0.2) is 0 Å². The molecule has 0 radical (unpaired) electrons. The van der Waals surface area contributed by atoms with Crippen LogP contribution >= 0.6 is 0 Å². The van der Waals surface area contributed by atoms with Crippen LogP contribution in [0, 0.1) is 5.92 Å². The molecule has 0 aromatic rings. The van der Waals surface area contributed by atoms with Crippen LogP contribution in [0.4, 0.5) is 0 Å². The molecule has 1 spiro atoms. The molecule has 114 valence electrons. The smallest absolute Gasteiger partial charge is 0.170 e. The van der Waals surface area contributed by atoms with E-state index in [1.807, 2.05) is 0 Å². The highest BCUT2D eigenvalue weighted by atomic mass is 16.7. The molecule has 0 bridgehead atoms. The highest BCUT2D eigenvalue weighted by molar-refractivity contribution is 4.99. The molecule has 0 aromatic heterocycles. The number of fused-ring (bicyclic) bond motifs is 1. The van der Waals surface area contributed by atoms with Gasteiger partial charge in [0.05, 0.1) is 19.3 Å². The summed E-state index contributed by atoms with van der Waals surface area (Å²) in [5.41, 5.74) is 0. The third-order valence-electron chi connectivity index (χ3n) is 6.06. The van der Waals surface area contributed by atoms with Gasteiger partial charge in [-0.1, -0.05) is 6.42 Å². The minimum Gasteiger partial charge on any atom is -0.391 e. The summed E-state index contributed by atoms with van der Waals surface area (Å²) in [6.07, 6.45) is 9.09. The second kappa shape index (κ2) is 5.24. The number of hydrogen-bond acceptors (Lipinski definition) is 4. The van der Waals surface area contributed by atoms with E-state index in [1.54, 1.807) is 0 Å². The normalized spacial score (nSPS) is 44.9. The van der Waals surface area contributed by atoms with Crippen LogP contribution < -0.4 is 0 Å². The number of aliphatic hydroxyl groups is 1. The van der Waals surface area contributed by atoms with Crippen LogP contribution in [0.1, 0.15) is 51.4 Å². The number of rotatable bonds is 1. The zero-order valence-corrected chi connectivity index (χ0v) is 12.3. The maximum absolute atomic E-state index is 10.5. The maximum Gasteiger partial charge on any atom is 0.170 e. The summed E-state index contributed by atoms with van der Waals surface area (Å²) in [6, 6.07) is 0.952. The largest absolute Gasteiger partial charge is 0.391 e. The van der Waals surface area contributed by atoms with Gasteiger partial charge in [-0.2, -0.15) is 0 Å². The Bertz CT molecular complexity index is 356. The van der Waals surface area contributed by atoms with E-state index < -0.39 is 0 Å². The Morgan fingerprint density at radius 3 is 2.60 bits per heavy atom. The standard InChI is InChI=1S/C16H27NO3/c18-15-6-7-16(19-9-10-20-16)11-14(15)17-8-2-4-12-3-1-5-13(12)17/h12-15,18H,1-11H2. The summed E-state index contributed by atoms with van der Waals surface area (Å²) in [5.74, 6) is 0.495. The Morgan fingerprint density at radius 1 is 0.950 bits per heavy atom. The number of likely N-dealkylation sites (tertiary alicyclic amines) is 1. The molecule has 0 amide bonds. The van der Waals surface area contributed by atoms with Crippen molar-refractivity contribution in [2.75, 3.05) is 19.8 Å². The Kier molecular flexibility index (Phi) is 3.53. The summed E-state index contributed by atoms with van der Waals surface area (Å²) in [4.78, 5) is 2.62.